The molecule has 0 amide bonds. The molecule has 1 aliphatic rings. The predicted molar refractivity (Wildman–Crippen MR) is 63.5 cm³/mol. The number of hydrogen-bond acceptors (Lipinski definition) is 3. The summed E-state index contributed by atoms with van der Waals surface area (Å²) in [5, 5.41) is 9.47. The number of carboxylic acids is 1. The van der Waals surface area contributed by atoms with Crippen LogP contribution in [-0.4, -0.2) is 37.6 Å². The molecule has 0 bridgehead atoms. The molecule has 17 heavy (non-hydrogen) atoms. The van der Waals surface area contributed by atoms with Crippen molar-refractivity contribution in [2.75, 3.05) is 6.54 Å². The van der Waals surface area contributed by atoms with Crippen molar-refractivity contribution in [3.05, 3.63) is 18.2 Å². The van der Waals surface area contributed by atoms with E-state index >= 15 is 0 Å². The van der Waals surface area contributed by atoms with E-state index in [-0.39, 0.29) is 0 Å². The van der Waals surface area contributed by atoms with Gasteiger partial charge in [0.2, 0.25) is 0 Å². The second-order valence-corrected chi connectivity index (χ2v) is 4.71. The van der Waals surface area contributed by atoms with Gasteiger partial charge in [0.05, 0.1) is 12.0 Å². The number of likely N-dealkylation sites (tertiary alicyclic amines) is 1. The zero-order valence-corrected chi connectivity index (χ0v) is 10.4. The van der Waals surface area contributed by atoms with Crippen LogP contribution in [0.25, 0.3) is 0 Å². The highest BCUT2D eigenvalue weighted by molar-refractivity contribution is 5.79. The number of rotatable bonds is 4. The quantitative estimate of drug-likeness (QED) is 0.856. The Balaban J connectivity index is 2.20. The van der Waals surface area contributed by atoms with Gasteiger partial charge in [-0.05, 0) is 25.8 Å². The molecular weight excluding hydrogens is 218 g/mol. The fraction of sp³-hybridized carbons (Fsp3) is 0.667. The Morgan fingerprint density at radius 3 is 2.94 bits per heavy atom. The molecule has 1 atom stereocenters. The maximum absolute atomic E-state index is 11.5. The van der Waals surface area contributed by atoms with Crippen LogP contribution in [0.3, 0.4) is 0 Å². The minimum atomic E-state index is -0.695. The highest BCUT2D eigenvalue weighted by Gasteiger charge is 2.46. The summed E-state index contributed by atoms with van der Waals surface area (Å²) < 4.78 is 1.95. The van der Waals surface area contributed by atoms with Crippen molar-refractivity contribution in [2.24, 2.45) is 7.05 Å². The Hall–Kier alpha value is -1.36. The summed E-state index contributed by atoms with van der Waals surface area (Å²) >= 11 is 0. The number of carbonyl (C=O) groups is 1. The first-order chi connectivity index (χ1) is 8.10. The summed E-state index contributed by atoms with van der Waals surface area (Å²) in [5.41, 5.74) is 0.385. The zero-order chi connectivity index (χ0) is 12.5. The number of aliphatic carboxylic acids is 1. The number of nitrogens with zero attached hydrogens (tertiary/aromatic N) is 3. The highest BCUT2D eigenvalue weighted by atomic mass is 16.4. The Bertz CT molecular complexity index is 416. The van der Waals surface area contributed by atoms with Crippen LogP contribution in [0, 0.1) is 0 Å². The Labute approximate surface area is 101 Å². The smallest absolute Gasteiger partial charge is 0.324 e. The molecule has 0 saturated carbocycles. The van der Waals surface area contributed by atoms with Gasteiger partial charge in [0.15, 0.2) is 0 Å². The maximum atomic E-state index is 11.5. The predicted octanol–water partition coefficient (Wildman–Crippen LogP) is 1.25. The van der Waals surface area contributed by atoms with Crippen LogP contribution in [0.5, 0.6) is 0 Å². The van der Waals surface area contributed by atoms with E-state index in [0.29, 0.717) is 13.0 Å². The number of aryl methyl sites for hydroxylation is 1. The minimum absolute atomic E-state index is 0.653. The summed E-state index contributed by atoms with van der Waals surface area (Å²) in [4.78, 5) is 17.7. The van der Waals surface area contributed by atoms with Gasteiger partial charge in [-0.1, -0.05) is 6.92 Å². The van der Waals surface area contributed by atoms with Gasteiger partial charge in [-0.15, -0.1) is 0 Å². The second kappa shape index (κ2) is 4.49. The van der Waals surface area contributed by atoms with Crippen molar-refractivity contribution in [3.63, 3.8) is 0 Å². The van der Waals surface area contributed by atoms with Crippen LogP contribution in [0.15, 0.2) is 12.5 Å². The minimum Gasteiger partial charge on any atom is -0.480 e. The summed E-state index contributed by atoms with van der Waals surface area (Å²) in [6.45, 7) is 3.47. The van der Waals surface area contributed by atoms with Crippen LogP contribution in [0.4, 0.5) is 0 Å². The molecule has 5 nitrogen and oxygen atoms in total. The average molecular weight is 237 g/mol. The summed E-state index contributed by atoms with van der Waals surface area (Å²) in [5.74, 6) is -0.695. The maximum Gasteiger partial charge on any atom is 0.324 e. The first kappa shape index (κ1) is 12.1. The second-order valence-electron chi connectivity index (χ2n) is 4.71. The van der Waals surface area contributed by atoms with Crippen molar-refractivity contribution in [2.45, 2.75) is 38.3 Å². The van der Waals surface area contributed by atoms with Crippen LogP contribution >= 0.6 is 0 Å². The Morgan fingerprint density at radius 1 is 1.65 bits per heavy atom. The number of aromatic nitrogens is 2. The lowest BCUT2D eigenvalue weighted by atomic mass is 9.93. The Morgan fingerprint density at radius 2 is 2.41 bits per heavy atom. The highest BCUT2D eigenvalue weighted by Crippen LogP contribution is 2.33. The fourth-order valence-corrected chi connectivity index (χ4v) is 2.69. The summed E-state index contributed by atoms with van der Waals surface area (Å²) in [7, 11) is 1.94. The molecule has 1 aromatic rings. The third-order valence-electron chi connectivity index (χ3n) is 3.88. The van der Waals surface area contributed by atoms with Gasteiger partial charge in [-0.25, -0.2) is 4.98 Å². The number of hydrogen-bond donors (Lipinski definition) is 1. The molecule has 1 N–H and O–H groups in total. The van der Waals surface area contributed by atoms with Crippen molar-refractivity contribution in [1.82, 2.24) is 14.5 Å². The van der Waals surface area contributed by atoms with Crippen molar-refractivity contribution >= 4 is 5.97 Å². The van der Waals surface area contributed by atoms with Gasteiger partial charge >= 0.3 is 5.97 Å². The third kappa shape index (κ3) is 1.95. The molecule has 1 saturated heterocycles. The lowest BCUT2D eigenvalue weighted by molar-refractivity contribution is -0.150. The summed E-state index contributed by atoms with van der Waals surface area (Å²) in [6.07, 6.45) is 5.91. The van der Waals surface area contributed by atoms with Crippen molar-refractivity contribution < 1.29 is 9.90 Å². The first-order valence-electron chi connectivity index (χ1n) is 6.04. The normalized spacial score (nSPS) is 25.3. The van der Waals surface area contributed by atoms with Crippen LogP contribution < -0.4 is 0 Å². The van der Waals surface area contributed by atoms with Gasteiger partial charge in [0.25, 0.3) is 0 Å². The van der Waals surface area contributed by atoms with E-state index in [1.165, 1.54) is 0 Å². The SMILES string of the molecule is CCC1(C(=O)O)CCCN1Cc1cncn1C. The van der Waals surface area contributed by atoms with Crippen molar-refractivity contribution in [1.29, 1.82) is 0 Å². The fourth-order valence-electron chi connectivity index (χ4n) is 2.69. The lowest BCUT2D eigenvalue weighted by Crippen LogP contribution is -2.49. The molecule has 0 spiro atoms. The molecule has 1 unspecified atom stereocenters. The van der Waals surface area contributed by atoms with Gasteiger partial charge in [-0.2, -0.15) is 0 Å². The standard InChI is InChI=1S/C12H19N3O2/c1-3-12(11(16)17)5-4-6-15(12)8-10-7-13-9-14(10)2/h7,9H,3-6,8H2,1-2H3,(H,16,17). The molecule has 94 valence electrons. The van der Waals surface area contributed by atoms with E-state index in [4.69, 9.17) is 0 Å². The van der Waals surface area contributed by atoms with Crippen LogP contribution in [0.2, 0.25) is 0 Å². The van der Waals surface area contributed by atoms with E-state index in [9.17, 15) is 9.90 Å². The average Bonchev–Trinajstić information content (AvgIpc) is 2.87. The molecule has 1 aromatic heterocycles. The van der Waals surface area contributed by atoms with Crippen molar-refractivity contribution in [3.8, 4) is 0 Å². The molecule has 0 aliphatic carbocycles. The Kier molecular flexibility index (Phi) is 3.19. The van der Waals surface area contributed by atoms with Gasteiger partial charge < -0.3 is 9.67 Å². The lowest BCUT2D eigenvalue weighted by Gasteiger charge is -2.33. The molecule has 2 rings (SSSR count). The van der Waals surface area contributed by atoms with Gasteiger partial charge in [-0.3, -0.25) is 9.69 Å². The van der Waals surface area contributed by atoms with Crippen LogP contribution in [-0.2, 0) is 18.4 Å². The molecule has 2 heterocycles. The van der Waals surface area contributed by atoms with Crippen LogP contribution in [0.1, 0.15) is 31.9 Å². The van der Waals surface area contributed by atoms with E-state index in [1.54, 1.807) is 12.5 Å². The summed E-state index contributed by atoms with van der Waals surface area (Å²) in [6, 6.07) is 0. The van der Waals surface area contributed by atoms with E-state index in [0.717, 1.165) is 25.1 Å². The number of imidazole rings is 1. The third-order valence-corrected chi connectivity index (χ3v) is 3.88. The topological polar surface area (TPSA) is 58.4 Å². The van der Waals surface area contributed by atoms with E-state index < -0.39 is 11.5 Å². The van der Waals surface area contributed by atoms with Gasteiger partial charge in [0.1, 0.15) is 5.54 Å². The molecule has 5 heteroatoms. The largest absolute Gasteiger partial charge is 0.480 e. The molecular formula is C12H19N3O2. The molecule has 1 fully saturated rings. The van der Waals surface area contributed by atoms with E-state index in [1.807, 2.05) is 18.5 Å². The first-order valence-corrected chi connectivity index (χ1v) is 6.04. The molecule has 0 radical (unpaired) electrons. The molecule has 0 aromatic carbocycles. The monoisotopic (exact) mass is 237 g/mol. The van der Waals surface area contributed by atoms with Gasteiger partial charge in [0, 0.05) is 19.8 Å². The zero-order valence-electron chi connectivity index (χ0n) is 10.4. The number of carboxylic acid groups (broad SMARTS) is 1. The van der Waals surface area contributed by atoms with E-state index in [2.05, 4.69) is 9.88 Å². The molecule has 1 aliphatic heterocycles.